The Morgan fingerprint density at radius 1 is 0.854 bits per heavy atom. The van der Waals surface area contributed by atoms with Gasteiger partial charge >= 0.3 is 7.82 Å². The topological polar surface area (TPSA) is 105 Å². The minimum atomic E-state index is -4.30. The van der Waals surface area contributed by atoms with Crippen molar-refractivity contribution in [3.8, 4) is 0 Å². The van der Waals surface area contributed by atoms with Gasteiger partial charge in [0.2, 0.25) is 5.91 Å². The van der Waals surface area contributed by atoms with Crippen LogP contribution in [0.15, 0.2) is 36.5 Å². The third-order valence-electron chi connectivity index (χ3n) is 6.65. The van der Waals surface area contributed by atoms with E-state index in [-0.39, 0.29) is 19.1 Å². The van der Waals surface area contributed by atoms with Crippen molar-refractivity contribution < 1.29 is 32.9 Å². The Balaban J connectivity index is 4.56. The summed E-state index contributed by atoms with van der Waals surface area (Å²) in [5, 5.41) is 13.6. The van der Waals surface area contributed by atoms with E-state index < -0.39 is 20.0 Å². The van der Waals surface area contributed by atoms with Crippen molar-refractivity contribution in [2.45, 2.75) is 122 Å². The number of phosphoric acid groups is 1. The SMILES string of the molecule is CC/C=C\C/C=C\C/C=C\CCCCCC(=O)NC(COP(=O)(O)OCC[N+](C)(C)C)C(O)CCCCCCCC. The van der Waals surface area contributed by atoms with Crippen molar-refractivity contribution in [3.63, 3.8) is 0 Å². The number of allylic oxidation sites excluding steroid dienone is 6. The van der Waals surface area contributed by atoms with Gasteiger partial charge in [0.1, 0.15) is 13.2 Å². The van der Waals surface area contributed by atoms with Gasteiger partial charge in [-0.15, -0.1) is 0 Å². The first-order valence-corrected chi connectivity index (χ1v) is 17.3. The number of carbonyl (C=O) groups is 1. The molecule has 0 aliphatic rings. The third-order valence-corrected chi connectivity index (χ3v) is 7.64. The number of rotatable bonds is 27. The zero-order chi connectivity index (χ0) is 30.8. The Bertz CT molecular complexity index is 779. The smallest absolute Gasteiger partial charge is 0.391 e. The molecule has 3 unspecified atom stereocenters. The van der Waals surface area contributed by atoms with E-state index in [1.807, 2.05) is 21.1 Å². The van der Waals surface area contributed by atoms with E-state index in [1.165, 1.54) is 19.3 Å². The molecule has 1 amide bonds. The van der Waals surface area contributed by atoms with Crippen LogP contribution in [0.4, 0.5) is 0 Å². The fourth-order valence-corrected chi connectivity index (χ4v) is 4.79. The van der Waals surface area contributed by atoms with Gasteiger partial charge in [0.05, 0.1) is 39.9 Å². The second-order valence-electron chi connectivity index (χ2n) is 11.8. The lowest BCUT2D eigenvalue weighted by Gasteiger charge is -2.26. The number of amides is 1. The molecule has 9 heteroatoms. The van der Waals surface area contributed by atoms with Crippen LogP contribution in [-0.4, -0.2) is 73.4 Å². The molecule has 0 bridgehead atoms. The summed E-state index contributed by atoms with van der Waals surface area (Å²) in [4.78, 5) is 22.8. The van der Waals surface area contributed by atoms with Gasteiger partial charge in [-0.1, -0.05) is 95.2 Å². The third kappa shape index (κ3) is 27.3. The van der Waals surface area contributed by atoms with E-state index in [0.717, 1.165) is 64.2 Å². The quantitative estimate of drug-likeness (QED) is 0.0397. The summed E-state index contributed by atoms with van der Waals surface area (Å²) < 4.78 is 23.3. The molecule has 0 aliphatic heterocycles. The number of aliphatic hydroxyl groups is 1. The standard InChI is InChI=1S/C32H61N2O6P/c1-6-8-10-12-14-15-16-17-18-19-20-22-24-26-32(36)33-30(31(35)25-23-21-13-11-9-7-2)29-40-41(37,38)39-28-27-34(3,4)5/h8,10,14-15,17-18,30-31,35H,6-7,9,11-13,16,19-29H2,1-5H3,(H-,33,36,37,38)/p+1/b10-8-,15-14-,18-17-. The predicted octanol–water partition coefficient (Wildman–Crippen LogP) is 7.23. The van der Waals surface area contributed by atoms with E-state index in [4.69, 9.17) is 9.05 Å². The minimum absolute atomic E-state index is 0.0666. The van der Waals surface area contributed by atoms with Crippen molar-refractivity contribution in [1.82, 2.24) is 5.32 Å². The Morgan fingerprint density at radius 2 is 1.46 bits per heavy atom. The lowest BCUT2D eigenvalue weighted by atomic mass is 10.0. The van der Waals surface area contributed by atoms with Crippen molar-refractivity contribution >= 4 is 13.7 Å². The molecular formula is C32H62N2O6P+. The second-order valence-corrected chi connectivity index (χ2v) is 13.3. The molecule has 0 aromatic rings. The molecule has 8 nitrogen and oxygen atoms in total. The number of quaternary nitrogens is 1. The Kier molecular flexibility index (Phi) is 24.5. The lowest BCUT2D eigenvalue weighted by Crippen LogP contribution is -2.46. The van der Waals surface area contributed by atoms with Crippen molar-refractivity contribution in [2.24, 2.45) is 0 Å². The number of aliphatic hydroxyl groups excluding tert-OH is 1. The first-order chi connectivity index (χ1) is 19.5. The fraction of sp³-hybridized carbons (Fsp3) is 0.781. The maximum absolute atomic E-state index is 12.6. The second kappa shape index (κ2) is 25.2. The number of hydrogen-bond acceptors (Lipinski definition) is 5. The molecule has 3 N–H and O–H groups in total. The Labute approximate surface area is 251 Å². The summed E-state index contributed by atoms with van der Waals surface area (Å²) in [5.41, 5.74) is 0. The van der Waals surface area contributed by atoms with Crippen LogP contribution in [0.5, 0.6) is 0 Å². The van der Waals surface area contributed by atoms with E-state index in [2.05, 4.69) is 55.6 Å². The number of nitrogens with one attached hydrogen (secondary N) is 1. The normalized spacial score (nSPS) is 15.6. The van der Waals surface area contributed by atoms with Gasteiger partial charge in [-0.05, 0) is 44.9 Å². The molecule has 0 aromatic carbocycles. The number of nitrogens with zero attached hydrogens (tertiary/aromatic N) is 1. The first kappa shape index (κ1) is 39.7. The van der Waals surface area contributed by atoms with Gasteiger partial charge in [-0.3, -0.25) is 13.8 Å². The summed E-state index contributed by atoms with van der Waals surface area (Å²) >= 11 is 0. The van der Waals surface area contributed by atoms with E-state index in [1.54, 1.807) is 0 Å². The largest absolute Gasteiger partial charge is 0.472 e. The highest BCUT2D eigenvalue weighted by molar-refractivity contribution is 7.47. The molecular weight excluding hydrogens is 539 g/mol. The maximum Gasteiger partial charge on any atom is 0.472 e. The van der Waals surface area contributed by atoms with Crippen LogP contribution in [0.3, 0.4) is 0 Å². The molecule has 0 aliphatic carbocycles. The first-order valence-electron chi connectivity index (χ1n) is 15.9. The van der Waals surface area contributed by atoms with Crippen molar-refractivity contribution in [1.29, 1.82) is 0 Å². The molecule has 0 spiro atoms. The average Bonchev–Trinajstić information content (AvgIpc) is 2.90. The molecule has 0 rings (SSSR count). The molecule has 0 heterocycles. The Hall–Kier alpha value is -1.28. The lowest BCUT2D eigenvalue weighted by molar-refractivity contribution is -0.870. The zero-order valence-corrected chi connectivity index (χ0v) is 27.7. The van der Waals surface area contributed by atoms with Gasteiger partial charge in [0.25, 0.3) is 0 Å². The highest BCUT2D eigenvalue weighted by atomic mass is 31.2. The van der Waals surface area contributed by atoms with E-state index in [9.17, 15) is 19.4 Å². The summed E-state index contributed by atoms with van der Waals surface area (Å²) in [6.45, 7) is 4.63. The van der Waals surface area contributed by atoms with Gasteiger partial charge in [-0.25, -0.2) is 4.57 Å². The van der Waals surface area contributed by atoms with E-state index in [0.29, 0.717) is 23.9 Å². The molecule has 3 atom stereocenters. The van der Waals surface area contributed by atoms with Crippen LogP contribution >= 0.6 is 7.82 Å². The van der Waals surface area contributed by atoms with Crippen molar-refractivity contribution in [2.75, 3.05) is 40.9 Å². The highest BCUT2D eigenvalue weighted by Crippen LogP contribution is 2.43. The molecule has 0 saturated carbocycles. The molecule has 0 aromatic heterocycles. The zero-order valence-electron chi connectivity index (χ0n) is 26.8. The van der Waals surface area contributed by atoms with Gasteiger partial charge in [0, 0.05) is 6.42 Å². The summed E-state index contributed by atoms with van der Waals surface area (Å²) in [7, 11) is 1.58. The number of phosphoric ester groups is 1. The van der Waals surface area contributed by atoms with Crippen LogP contribution in [-0.2, 0) is 18.4 Å². The van der Waals surface area contributed by atoms with Gasteiger partial charge in [0.15, 0.2) is 0 Å². The number of unbranched alkanes of at least 4 members (excludes halogenated alkanes) is 8. The summed E-state index contributed by atoms with van der Waals surface area (Å²) in [5.74, 6) is -0.183. The molecule has 0 saturated heterocycles. The summed E-state index contributed by atoms with van der Waals surface area (Å²) in [6.07, 6.45) is 26.2. The van der Waals surface area contributed by atoms with Crippen LogP contribution in [0.1, 0.15) is 110 Å². The molecule has 0 fully saturated rings. The average molecular weight is 602 g/mol. The minimum Gasteiger partial charge on any atom is -0.391 e. The van der Waals surface area contributed by atoms with Crippen LogP contribution < -0.4 is 5.32 Å². The van der Waals surface area contributed by atoms with E-state index >= 15 is 0 Å². The van der Waals surface area contributed by atoms with Gasteiger partial charge < -0.3 is 19.8 Å². The molecule has 41 heavy (non-hydrogen) atoms. The van der Waals surface area contributed by atoms with Crippen LogP contribution in [0, 0.1) is 0 Å². The predicted molar refractivity (Wildman–Crippen MR) is 171 cm³/mol. The number of likely N-dealkylation sites (N-methyl/N-ethyl adjacent to an activating group) is 1. The fourth-order valence-electron chi connectivity index (χ4n) is 4.06. The number of hydrogen-bond donors (Lipinski definition) is 3. The number of carbonyl (C=O) groups excluding carboxylic acids is 1. The van der Waals surface area contributed by atoms with Crippen LogP contribution in [0.25, 0.3) is 0 Å². The highest BCUT2D eigenvalue weighted by Gasteiger charge is 2.28. The van der Waals surface area contributed by atoms with Crippen molar-refractivity contribution in [3.05, 3.63) is 36.5 Å². The van der Waals surface area contributed by atoms with Gasteiger partial charge in [-0.2, -0.15) is 0 Å². The van der Waals surface area contributed by atoms with Crippen LogP contribution in [0.2, 0.25) is 0 Å². The summed E-state index contributed by atoms with van der Waals surface area (Å²) in [6, 6.07) is -0.769. The maximum atomic E-state index is 12.6. The Morgan fingerprint density at radius 3 is 2.12 bits per heavy atom. The molecule has 0 radical (unpaired) electrons. The molecule has 240 valence electrons. The monoisotopic (exact) mass is 601 g/mol.